The number of para-hydroxylation sites is 3. The Labute approximate surface area is 203 Å². The fraction of sp³-hybridized carbons (Fsp3) is 0.214. The molecule has 35 heavy (non-hydrogen) atoms. The second-order valence-electron chi connectivity index (χ2n) is 8.90. The molecule has 2 amide bonds. The van der Waals surface area contributed by atoms with E-state index in [0.29, 0.717) is 28.0 Å². The highest BCUT2D eigenvalue weighted by Gasteiger charge is 2.19. The largest absolute Gasteiger partial charge is 0.325 e. The number of rotatable bonds is 6. The summed E-state index contributed by atoms with van der Waals surface area (Å²) in [5.74, 6) is -0.700. The monoisotopic (exact) mass is 468 g/mol. The molecule has 0 fully saturated rings. The Morgan fingerprint density at radius 3 is 2.40 bits per heavy atom. The number of carbonyl (C=O) groups excluding carboxylic acids is 2. The lowest BCUT2D eigenvalue weighted by atomic mass is 10.1. The normalized spacial score (nSPS) is 11.0. The number of fused-ring (bicyclic) bond motifs is 1. The predicted molar refractivity (Wildman–Crippen MR) is 139 cm³/mol. The van der Waals surface area contributed by atoms with Gasteiger partial charge in [-0.1, -0.05) is 56.3 Å². The van der Waals surface area contributed by atoms with Crippen molar-refractivity contribution >= 4 is 34.2 Å². The van der Waals surface area contributed by atoms with Crippen molar-refractivity contribution in [2.75, 3.05) is 10.6 Å². The molecule has 2 N–H and O–H groups in total. The number of anilines is 2. The standard InChI is InChI=1S/C28H28N4O3/c1-17(2)27(34)31-21-10-6-5-9-20(21)26-28(35)32(24-12-8-7-11-22(24)30-26)16-25(33)29-23-15-18(3)13-14-19(23)4/h5-15,17H,16H2,1-4H3,(H,29,33)(H,31,34). The van der Waals surface area contributed by atoms with Gasteiger partial charge in [0.05, 0.1) is 16.7 Å². The Balaban J connectivity index is 1.78. The van der Waals surface area contributed by atoms with Crippen LogP contribution in [0.5, 0.6) is 0 Å². The Hall–Kier alpha value is -4.26. The van der Waals surface area contributed by atoms with Crippen LogP contribution in [0, 0.1) is 19.8 Å². The number of amides is 2. The minimum absolute atomic E-state index is 0.161. The highest BCUT2D eigenvalue weighted by Crippen LogP contribution is 2.26. The first-order valence-corrected chi connectivity index (χ1v) is 11.5. The average Bonchev–Trinajstić information content (AvgIpc) is 2.83. The third-order valence-corrected chi connectivity index (χ3v) is 5.79. The third kappa shape index (κ3) is 5.14. The fourth-order valence-electron chi connectivity index (χ4n) is 3.80. The van der Waals surface area contributed by atoms with Gasteiger partial charge in [-0.3, -0.25) is 19.0 Å². The number of nitrogens with one attached hydrogen (secondary N) is 2. The van der Waals surface area contributed by atoms with Gasteiger partial charge >= 0.3 is 0 Å². The smallest absolute Gasteiger partial charge is 0.278 e. The minimum atomic E-state index is -0.411. The summed E-state index contributed by atoms with van der Waals surface area (Å²) in [5.41, 5.74) is 4.56. The van der Waals surface area contributed by atoms with E-state index in [9.17, 15) is 14.4 Å². The maximum Gasteiger partial charge on any atom is 0.278 e. The van der Waals surface area contributed by atoms with E-state index in [2.05, 4.69) is 15.6 Å². The van der Waals surface area contributed by atoms with Crippen molar-refractivity contribution < 1.29 is 9.59 Å². The Morgan fingerprint density at radius 1 is 0.914 bits per heavy atom. The lowest BCUT2D eigenvalue weighted by molar-refractivity contribution is -0.119. The lowest BCUT2D eigenvalue weighted by Gasteiger charge is -2.16. The van der Waals surface area contributed by atoms with Crippen LogP contribution in [-0.4, -0.2) is 21.4 Å². The summed E-state index contributed by atoms with van der Waals surface area (Å²) < 4.78 is 1.43. The molecule has 0 bridgehead atoms. The molecule has 3 aromatic carbocycles. The molecule has 0 aliphatic heterocycles. The SMILES string of the molecule is Cc1ccc(C)c(NC(=O)Cn2c(=O)c(-c3ccccc3NC(=O)C(C)C)nc3ccccc32)c1. The Kier molecular flexibility index (Phi) is 6.78. The molecular formula is C28H28N4O3. The topological polar surface area (TPSA) is 93.1 Å². The molecule has 0 atom stereocenters. The van der Waals surface area contributed by atoms with Crippen LogP contribution < -0.4 is 16.2 Å². The average molecular weight is 469 g/mol. The molecule has 1 heterocycles. The molecule has 7 heteroatoms. The van der Waals surface area contributed by atoms with Crippen molar-refractivity contribution in [3.05, 3.63) is 88.2 Å². The number of aromatic nitrogens is 2. The van der Waals surface area contributed by atoms with Gasteiger partial charge in [0.15, 0.2) is 0 Å². The zero-order valence-corrected chi connectivity index (χ0v) is 20.3. The van der Waals surface area contributed by atoms with E-state index in [1.807, 2.05) is 38.1 Å². The molecule has 1 aromatic heterocycles. The number of benzene rings is 3. The second kappa shape index (κ2) is 9.93. The maximum absolute atomic E-state index is 13.7. The first-order valence-electron chi connectivity index (χ1n) is 11.5. The molecule has 178 valence electrons. The van der Waals surface area contributed by atoms with E-state index in [-0.39, 0.29) is 30.0 Å². The quantitative estimate of drug-likeness (QED) is 0.420. The van der Waals surface area contributed by atoms with Gasteiger partial charge in [-0.25, -0.2) is 4.98 Å². The van der Waals surface area contributed by atoms with Gasteiger partial charge in [0.2, 0.25) is 11.8 Å². The minimum Gasteiger partial charge on any atom is -0.325 e. The summed E-state index contributed by atoms with van der Waals surface area (Å²) in [7, 11) is 0. The molecule has 0 saturated heterocycles. The molecule has 0 unspecified atom stereocenters. The molecule has 0 radical (unpaired) electrons. The zero-order chi connectivity index (χ0) is 25.1. The molecule has 0 aliphatic rings. The van der Waals surface area contributed by atoms with Crippen LogP contribution in [0.1, 0.15) is 25.0 Å². The van der Waals surface area contributed by atoms with Crippen LogP contribution in [0.2, 0.25) is 0 Å². The van der Waals surface area contributed by atoms with Crippen LogP contribution >= 0.6 is 0 Å². The van der Waals surface area contributed by atoms with E-state index in [1.165, 1.54) is 4.57 Å². The molecule has 0 spiro atoms. The van der Waals surface area contributed by atoms with E-state index in [4.69, 9.17) is 0 Å². The summed E-state index contributed by atoms with van der Waals surface area (Å²) in [5, 5.41) is 5.81. The zero-order valence-electron chi connectivity index (χ0n) is 20.3. The van der Waals surface area contributed by atoms with Gasteiger partial charge in [-0.05, 0) is 49.2 Å². The first-order chi connectivity index (χ1) is 16.7. The van der Waals surface area contributed by atoms with Gasteiger partial charge in [-0.15, -0.1) is 0 Å². The van der Waals surface area contributed by atoms with Gasteiger partial charge in [-0.2, -0.15) is 0 Å². The number of nitrogens with zero attached hydrogens (tertiary/aromatic N) is 2. The summed E-state index contributed by atoms with van der Waals surface area (Å²) >= 11 is 0. The lowest BCUT2D eigenvalue weighted by Crippen LogP contribution is -2.30. The summed E-state index contributed by atoms with van der Waals surface area (Å²) in [6.45, 7) is 7.30. The predicted octanol–water partition coefficient (Wildman–Crippen LogP) is 4.91. The van der Waals surface area contributed by atoms with Gasteiger partial charge in [0.25, 0.3) is 5.56 Å². The maximum atomic E-state index is 13.7. The van der Waals surface area contributed by atoms with Crippen molar-refractivity contribution in [1.82, 2.24) is 9.55 Å². The summed E-state index contributed by atoms with van der Waals surface area (Å²) in [6, 6.07) is 20.1. The number of aryl methyl sites for hydroxylation is 2. The number of hydrogen-bond acceptors (Lipinski definition) is 4. The van der Waals surface area contributed by atoms with Gasteiger partial charge in [0.1, 0.15) is 12.2 Å². The third-order valence-electron chi connectivity index (χ3n) is 5.79. The Morgan fingerprint density at radius 2 is 1.63 bits per heavy atom. The van der Waals surface area contributed by atoms with E-state index in [0.717, 1.165) is 11.1 Å². The van der Waals surface area contributed by atoms with Crippen molar-refractivity contribution in [3.8, 4) is 11.3 Å². The highest BCUT2D eigenvalue weighted by molar-refractivity contribution is 5.96. The number of hydrogen-bond donors (Lipinski definition) is 2. The van der Waals surface area contributed by atoms with Gasteiger partial charge in [0, 0.05) is 17.2 Å². The van der Waals surface area contributed by atoms with Crippen LogP contribution in [0.15, 0.2) is 71.5 Å². The van der Waals surface area contributed by atoms with Crippen LogP contribution in [0.3, 0.4) is 0 Å². The van der Waals surface area contributed by atoms with Crippen molar-refractivity contribution in [2.24, 2.45) is 5.92 Å². The van der Waals surface area contributed by atoms with Gasteiger partial charge < -0.3 is 10.6 Å². The van der Waals surface area contributed by atoms with Crippen molar-refractivity contribution in [1.29, 1.82) is 0 Å². The molecule has 4 rings (SSSR count). The first kappa shape index (κ1) is 23.9. The van der Waals surface area contributed by atoms with Crippen LogP contribution in [0.25, 0.3) is 22.3 Å². The van der Waals surface area contributed by atoms with E-state index in [1.54, 1.807) is 56.3 Å². The molecule has 7 nitrogen and oxygen atoms in total. The molecule has 4 aromatic rings. The molecule has 0 aliphatic carbocycles. The van der Waals surface area contributed by atoms with Crippen molar-refractivity contribution in [2.45, 2.75) is 34.2 Å². The second-order valence-corrected chi connectivity index (χ2v) is 8.90. The van der Waals surface area contributed by atoms with E-state index < -0.39 is 5.56 Å². The fourth-order valence-corrected chi connectivity index (χ4v) is 3.80. The Bertz CT molecular complexity index is 1490. The molecular weight excluding hydrogens is 440 g/mol. The van der Waals surface area contributed by atoms with Crippen LogP contribution in [0.4, 0.5) is 11.4 Å². The highest BCUT2D eigenvalue weighted by atomic mass is 16.2. The number of carbonyl (C=O) groups is 2. The summed E-state index contributed by atoms with van der Waals surface area (Å²) in [6.07, 6.45) is 0. The molecule has 0 saturated carbocycles. The van der Waals surface area contributed by atoms with Crippen LogP contribution in [-0.2, 0) is 16.1 Å². The summed E-state index contributed by atoms with van der Waals surface area (Å²) in [4.78, 5) is 43.7. The van der Waals surface area contributed by atoms with Crippen molar-refractivity contribution in [3.63, 3.8) is 0 Å². The van der Waals surface area contributed by atoms with E-state index >= 15 is 0 Å².